The van der Waals surface area contributed by atoms with Crippen LogP contribution in [0.1, 0.15) is 46.7 Å². The van der Waals surface area contributed by atoms with E-state index in [0.29, 0.717) is 24.2 Å². The van der Waals surface area contributed by atoms with Crippen molar-refractivity contribution in [1.82, 2.24) is 14.9 Å². The molecule has 2 N–H and O–H groups in total. The molecule has 2 atom stereocenters. The van der Waals surface area contributed by atoms with Gasteiger partial charge in [-0.2, -0.15) is 13.2 Å². The molecule has 1 amide bonds. The van der Waals surface area contributed by atoms with Crippen LogP contribution in [0.15, 0.2) is 41.2 Å². The van der Waals surface area contributed by atoms with Crippen LogP contribution in [0.2, 0.25) is 0 Å². The number of nitrogens with zero attached hydrogens (tertiary/aromatic N) is 2. The van der Waals surface area contributed by atoms with Gasteiger partial charge in [0.05, 0.1) is 29.5 Å². The highest BCUT2D eigenvalue weighted by molar-refractivity contribution is 5.95. The molecule has 190 valence electrons. The molecule has 1 aliphatic heterocycles. The number of ether oxygens (including phenoxy) is 1. The number of hydrogen-bond acceptors (Lipinski definition) is 6. The Balaban J connectivity index is 1.55. The van der Waals surface area contributed by atoms with Crippen molar-refractivity contribution in [1.29, 1.82) is 0 Å². The lowest BCUT2D eigenvalue weighted by Gasteiger charge is -2.21. The quantitative estimate of drug-likeness (QED) is 0.510. The van der Waals surface area contributed by atoms with Crippen molar-refractivity contribution in [3.05, 3.63) is 69.3 Å². The topological polar surface area (TPSA) is 104 Å². The summed E-state index contributed by atoms with van der Waals surface area (Å²) in [7, 11) is 1.31. The molecule has 0 radical (unpaired) electrons. The number of alkyl halides is 3. The van der Waals surface area contributed by atoms with E-state index in [1.807, 2.05) is 0 Å². The summed E-state index contributed by atoms with van der Waals surface area (Å²) in [6, 6.07) is 7.64. The molecule has 0 saturated carbocycles. The summed E-state index contributed by atoms with van der Waals surface area (Å²) < 4.78 is 46.3. The van der Waals surface area contributed by atoms with Crippen molar-refractivity contribution in [2.75, 3.05) is 25.5 Å². The highest BCUT2D eigenvalue weighted by Crippen LogP contribution is 2.37. The van der Waals surface area contributed by atoms with Gasteiger partial charge in [0.25, 0.3) is 11.5 Å². The van der Waals surface area contributed by atoms with Gasteiger partial charge < -0.3 is 19.9 Å². The average molecular weight is 502 g/mol. The Bertz CT molecular complexity index is 1370. The van der Waals surface area contributed by atoms with Crippen molar-refractivity contribution in [3.8, 4) is 0 Å². The molecule has 0 bridgehead atoms. The van der Waals surface area contributed by atoms with Gasteiger partial charge in [-0.25, -0.2) is 4.98 Å². The first kappa shape index (κ1) is 25.2. The number of amides is 1. The molecular weight excluding hydrogens is 477 g/mol. The van der Waals surface area contributed by atoms with E-state index in [2.05, 4.69) is 15.3 Å². The number of nitrogens with one attached hydrogen (secondary N) is 2. The van der Waals surface area contributed by atoms with Crippen molar-refractivity contribution in [2.45, 2.75) is 32.5 Å². The highest BCUT2D eigenvalue weighted by Gasteiger charge is 2.36. The number of esters is 1. The van der Waals surface area contributed by atoms with E-state index >= 15 is 0 Å². The summed E-state index contributed by atoms with van der Waals surface area (Å²) >= 11 is 0. The zero-order valence-electron chi connectivity index (χ0n) is 19.9. The lowest BCUT2D eigenvalue weighted by atomic mass is 9.98. The molecule has 1 unspecified atom stereocenters. The van der Waals surface area contributed by atoms with Crippen molar-refractivity contribution < 1.29 is 27.5 Å². The van der Waals surface area contributed by atoms with Crippen LogP contribution in [0.4, 0.5) is 18.9 Å². The number of aromatic nitrogens is 2. The Kier molecular flexibility index (Phi) is 6.75. The SMILES string of the molecule is COC(=O)C1CCN(C(=O)c2ccc(N[C@@H](C)c3cc4c(=O)[nH]c(C)nc4cc3C(F)(F)F)cc2)C1. The Morgan fingerprint density at radius 3 is 2.56 bits per heavy atom. The van der Waals surface area contributed by atoms with Gasteiger partial charge in [0.1, 0.15) is 5.82 Å². The number of anilines is 1. The van der Waals surface area contributed by atoms with Crippen LogP contribution in [0.25, 0.3) is 10.9 Å². The number of rotatable bonds is 5. The number of likely N-dealkylation sites (tertiary alicyclic amines) is 1. The second-order valence-electron chi connectivity index (χ2n) is 8.81. The molecular formula is C25H25F3N4O4. The second kappa shape index (κ2) is 9.63. The fourth-order valence-electron chi connectivity index (χ4n) is 4.45. The van der Waals surface area contributed by atoms with E-state index in [4.69, 9.17) is 4.74 Å². The molecule has 11 heteroatoms. The third-order valence-corrected chi connectivity index (χ3v) is 6.29. The van der Waals surface area contributed by atoms with Crippen LogP contribution in [0, 0.1) is 12.8 Å². The molecule has 1 fully saturated rings. The number of fused-ring (bicyclic) bond motifs is 1. The number of H-pyrrole nitrogens is 1. The van der Waals surface area contributed by atoms with Crippen molar-refractivity contribution >= 4 is 28.5 Å². The number of benzene rings is 2. The predicted octanol–water partition coefficient (Wildman–Crippen LogP) is 4.06. The van der Waals surface area contributed by atoms with Gasteiger partial charge in [-0.3, -0.25) is 14.4 Å². The zero-order valence-corrected chi connectivity index (χ0v) is 19.9. The molecule has 0 aliphatic carbocycles. The van der Waals surface area contributed by atoms with Gasteiger partial charge in [0, 0.05) is 30.4 Å². The minimum Gasteiger partial charge on any atom is -0.469 e. The van der Waals surface area contributed by atoms with Gasteiger partial charge in [0.2, 0.25) is 0 Å². The Labute approximate surface area is 204 Å². The third-order valence-electron chi connectivity index (χ3n) is 6.29. The van der Waals surface area contributed by atoms with E-state index < -0.39 is 23.3 Å². The van der Waals surface area contributed by atoms with Crippen LogP contribution < -0.4 is 10.9 Å². The summed E-state index contributed by atoms with van der Waals surface area (Å²) in [5, 5.41) is 3.08. The number of aromatic amines is 1. The summed E-state index contributed by atoms with van der Waals surface area (Å²) in [6.45, 7) is 3.77. The molecule has 0 spiro atoms. The zero-order chi connectivity index (χ0) is 26.2. The normalized spacial score (nSPS) is 16.7. The Morgan fingerprint density at radius 2 is 1.92 bits per heavy atom. The van der Waals surface area contributed by atoms with E-state index in [9.17, 15) is 27.6 Å². The number of carbonyl (C=O) groups excluding carboxylic acids is 2. The average Bonchev–Trinajstić information content (AvgIpc) is 3.32. The van der Waals surface area contributed by atoms with Crippen LogP contribution in [0.5, 0.6) is 0 Å². The fourth-order valence-corrected chi connectivity index (χ4v) is 4.45. The molecule has 3 aromatic rings. The second-order valence-corrected chi connectivity index (χ2v) is 8.81. The van der Waals surface area contributed by atoms with Crippen LogP contribution in [-0.4, -0.2) is 46.9 Å². The first-order chi connectivity index (χ1) is 17.0. The van der Waals surface area contributed by atoms with Crippen LogP contribution >= 0.6 is 0 Å². The highest BCUT2D eigenvalue weighted by atomic mass is 19.4. The first-order valence-electron chi connectivity index (χ1n) is 11.3. The molecule has 36 heavy (non-hydrogen) atoms. The Hall–Kier alpha value is -3.89. The maximum absolute atomic E-state index is 13.9. The number of methoxy groups -OCH3 is 1. The first-order valence-corrected chi connectivity index (χ1v) is 11.3. The smallest absolute Gasteiger partial charge is 0.416 e. The molecule has 2 heterocycles. The lowest BCUT2D eigenvalue weighted by molar-refractivity contribution is -0.144. The lowest BCUT2D eigenvalue weighted by Crippen LogP contribution is -2.30. The van der Waals surface area contributed by atoms with Gasteiger partial charge in [-0.1, -0.05) is 0 Å². The predicted molar refractivity (Wildman–Crippen MR) is 127 cm³/mol. The third kappa shape index (κ3) is 5.05. The van der Waals surface area contributed by atoms with Crippen molar-refractivity contribution in [2.24, 2.45) is 5.92 Å². The maximum atomic E-state index is 13.9. The van der Waals surface area contributed by atoms with E-state index in [1.165, 1.54) is 20.1 Å². The van der Waals surface area contributed by atoms with E-state index in [0.717, 1.165) is 6.07 Å². The summed E-state index contributed by atoms with van der Waals surface area (Å²) in [5.74, 6) is -0.712. The van der Waals surface area contributed by atoms with Gasteiger partial charge >= 0.3 is 12.1 Å². The number of carbonyl (C=O) groups is 2. The number of halogens is 3. The summed E-state index contributed by atoms with van der Waals surface area (Å²) in [4.78, 5) is 44.9. The largest absolute Gasteiger partial charge is 0.469 e. The maximum Gasteiger partial charge on any atom is 0.416 e. The van der Waals surface area contributed by atoms with E-state index in [-0.39, 0.29) is 46.6 Å². The molecule has 1 aromatic heterocycles. The number of aryl methyl sites for hydroxylation is 1. The van der Waals surface area contributed by atoms with Crippen LogP contribution in [0.3, 0.4) is 0 Å². The van der Waals surface area contributed by atoms with Gasteiger partial charge in [-0.15, -0.1) is 0 Å². The molecule has 1 aliphatic rings. The van der Waals surface area contributed by atoms with Crippen LogP contribution in [-0.2, 0) is 15.7 Å². The number of hydrogen-bond donors (Lipinski definition) is 2. The van der Waals surface area contributed by atoms with Crippen molar-refractivity contribution in [3.63, 3.8) is 0 Å². The summed E-state index contributed by atoms with van der Waals surface area (Å²) in [5.41, 5.74) is -0.631. The molecule has 8 nitrogen and oxygen atoms in total. The fraction of sp³-hybridized carbons (Fsp3) is 0.360. The molecule has 2 aromatic carbocycles. The molecule has 1 saturated heterocycles. The minimum absolute atomic E-state index is 0.0289. The van der Waals surface area contributed by atoms with Gasteiger partial charge in [-0.05, 0) is 62.2 Å². The van der Waals surface area contributed by atoms with E-state index in [1.54, 1.807) is 36.1 Å². The monoisotopic (exact) mass is 502 g/mol. The standard InChI is InChI=1S/C25H25F3N4O4/c1-13(18-10-19-21(11-20(18)25(26,27)28)30-14(2)31-22(19)33)29-17-6-4-15(5-7-17)23(34)32-9-8-16(12-32)24(35)36-3/h4-7,10-11,13,16,29H,8-9,12H2,1-3H3,(H,30,31,33)/t13-,16?/m0/s1. The molecule has 4 rings (SSSR count). The summed E-state index contributed by atoms with van der Waals surface area (Å²) in [6.07, 6.45) is -4.12. The minimum atomic E-state index is -4.65. The van der Waals surface area contributed by atoms with Gasteiger partial charge in [0.15, 0.2) is 0 Å². The Morgan fingerprint density at radius 1 is 1.22 bits per heavy atom.